The smallest absolute Gasteiger partial charge is 0.141 e. The molecule has 5 heteroatoms. The molecule has 0 atom stereocenters. The van der Waals surface area contributed by atoms with E-state index in [1.807, 2.05) is 4.68 Å². The van der Waals surface area contributed by atoms with Crippen LogP contribution < -0.4 is 0 Å². The van der Waals surface area contributed by atoms with Crippen molar-refractivity contribution in [3.63, 3.8) is 0 Å². The Hall–Kier alpha value is -0.940. The molecule has 1 rings (SSSR count). The van der Waals surface area contributed by atoms with Gasteiger partial charge in [-0.25, -0.2) is 9.67 Å². The average Bonchev–Trinajstić information content (AvgIpc) is 2.65. The molecule has 0 spiro atoms. The van der Waals surface area contributed by atoms with Gasteiger partial charge in [0.1, 0.15) is 12.2 Å². The van der Waals surface area contributed by atoms with Gasteiger partial charge in [-0.2, -0.15) is 5.10 Å². The zero-order chi connectivity index (χ0) is 12.0. The summed E-state index contributed by atoms with van der Waals surface area (Å²) in [6, 6.07) is 0.402. The van der Waals surface area contributed by atoms with Gasteiger partial charge in [-0.3, -0.25) is 4.90 Å². The molecule has 0 saturated heterocycles. The highest BCUT2D eigenvalue weighted by Crippen LogP contribution is 2.05. The van der Waals surface area contributed by atoms with Crippen LogP contribution in [0.5, 0.6) is 0 Å². The minimum absolute atomic E-state index is 0.181. The fraction of sp³-hybridized carbons (Fsp3) is 0.818. The summed E-state index contributed by atoms with van der Waals surface area (Å²) in [5, 5.41) is 13.2. The second kappa shape index (κ2) is 6.60. The summed E-state index contributed by atoms with van der Waals surface area (Å²) in [7, 11) is 0. The number of aliphatic hydroxyl groups excluding tert-OH is 1. The third kappa shape index (κ3) is 3.57. The number of nitrogens with zero attached hydrogens (tertiary/aromatic N) is 4. The highest BCUT2D eigenvalue weighted by molar-refractivity contribution is 4.85. The summed E-state index contributed by atoms with van der Waals surface area (Å²) in [6.07, 6.45) is 2.65. The van der Waals surface area contributed by atoms with Gasteiger partial charge >= 0.3 is 0 Å². The van der Waals surface area contributed by atoms with Crippen molar-refractivity contribution in [2.24, 2.45) is 0 Å². The van der Waals surface area contributed by atoms with Gasteiger partial charge in [0.25, 0.3) is 0 Å². The SMILES string of the molecule is CCCn1ncnc1CN(CCO)C(C)C. The molecule has 0 unspecified atom stereocenters. The predicted octanol–water partition coefficient (Wildman–Crippen LogP) is 0.891. The normalized spacial score (nSPS) is 11.6. The lowest BCUT2D eigenvalue weighted by molar-refractivity contribution is 0.154. The fourth-order valence-corrected chi connectivity index (χ4v) is 1.64. The van der Waals surface area contributed by atoms with Gasteiger partial charge in [0.2, 0.25) is 0 Å². The van der Waals surface area contributed by atoms with Crippen LogP contribution in [-0.2, 0) is 13.1 Å². The summed E-state index contributed by atoms with van der Waals surface area (Å²) < 4.78 is 1.94. The van der Waals surface area contributed by atoms with E-state index in [1.54, 1.807) is 6.33 Å². The summed E-state index contributed by atoms with van der Waals surface area (Å²) in [6.45, 7) is 8.88. The van der Waals surface area contributed by atoms with Gasteiger partial charge < -0.3 is 5.11 Å². The molecule has 0 bridgehead atoms. The van der Waals surface area contributed by atoms with Crippen molar-refractivity contribution in [2.45, 2.75) is 46.3 Å². The highest BCUT2D eigenvalue weighted by Gasteiger charge is 2.13. The number of aryl methyl sites for hydroxylation is 1. The zero-order valence-electron chi connectivity index (χ0n) is 10.4. The van der Waals surface area contributed by atoms with E-state index in [0.717, 1.165) is 25.3 Å². The lowest BCUT2D eigenvalue weighted by atomic mass is 10.3. The van der Waals surface area contributed by atoms with Crippen molar-refractivity contribution < 1.29 is 5.11 Å². The molecule has 0 amide bonds. The standard InChI is InChI=1S/C11H22N4O/c1-4-5-15-11(12-9-13-15)8-14(6-7-16)10(2)3/h9-10,16H,4-8H2,1-3H3. The maximum Gasteiger partial charge on any atom is 0.141 e. The molecular formula is C11H22N4O. The average molecular weight is 226 g/mol. The molecule has 5 nitrogen and oxygen atoms in total. The lowest BCUT2D eigenvalue weighted by Crippen LogP contribution is -2.34. The van der Waals surface area contributed by atoms with Gasteiger partial charge in [0, 0.05) is 19.1 Å². The van der Waals surface area contributed by atoms with Crippen LogP contribution in [0.4, 0.5) is 0 Å². The first-order chi connectivity index (χ1) is 7.69. The molecule has 0 aliphatic heterocycles. The maximum atomic E-state index is 9.00. The second-order valence-electron chi connectivity index (χ2n) is 4.19. The Bertz CT molecular complexity index is 298. The molecule has 92 valence electrons. The first-order valence-electron chi connectivity index (χ1n) is 5.90. The quantitative estimate of drug-likeness (QED) is 0.750. The third-order valence-electron chi connectivity index (χ3n) is 2.59. The summed E-state index contributed by atoms with van der Waals surface area (Å²) >= 11 is 0. The van der Waals surface area contributed by atoms with Crippen LogP contribution in [0, 0.1) is 0 Å². The van der Waals surface area contributed by atoms with E-state index in [2.05, 4.69) is 35.8 Å². The van der Waals surface area contributed by atoms with Crippen LogP contribution in [0.25, 0.3) is 0 Å². The van der Waals surface area contributed by atoms with Crippen LogP contribution in [-0.4, -0.2) is 44.0 Å². The van der Waals surface area contributed by atoms with E-state index >= 15 is 0 Å². The van der Waals surface area contributed by atoms with Crippen LogP contribution in [0.15, 0.2) is 6.33 Å². The third-order valence-corrected chi connectivity index (χ3v) is 2.59. The van der Waals surface area contributed by atoms with E-state index in [4.69, 9.17) is 5.11 Å². The van der Waals surface area contributed by atoms with E-state index < -0.39 is 0 Å². The number of aromatic nitrogens is 3. The van der Waals surface area contributed by atoms with Crippen LogP contribution in [0.2, 0.25) is 0 Å². The first-order valence-corrected chi connectivity index (χ1v) is 5.90. The van der Waals surface area contributed by atoms with Gasteiger partial charge in [0.15, 0.2) is 0 Å². The van der Waals surface area contributed by atoms with Gasteiger partial charge in [0.05, 0.1) is 13.2 Å². The van der Waals surface area contributed by atoms with Gasteiger partial charge in [-0.05, 0) is 20.3 Å². The Balaban J connectivity index is 2.65. The molecule has 0 fully saturated rings. The number of rotatable bonds is 7. The molecule has 0 radical (unpaired) electrons. The molecule has 0 aromatic carbocycles. The monoisotopic (exact) mass is 226 g/mol. The van der Waals surface area contributed by atoms with Gasteiger partial charge in [-0.1, -0.05) is 6.92 Å². The highest BCUT2D eigenvalue weighted by atomic mass is 16.3. The Morgan fingerprint density at radius 2 is 2.25 bits per heavy atom. The van der Waals surface area contributed by atoms with Crippen molar-refractivity contribution in [2.75, 3.05) is 13.2 Å². The number of hydrogen-bond donors (Lipinski definition) is 1. The molecule has 1 aromatic rings. The summed E-state index contributed by atoms with van der Waals surface area (Å²) in [4.78, 5) is 6.46. The summed E-state index contributed by atoms with van der Waals surface area (Å²) in [5.41, 5.74) is 0. The number of aliphatic hydroxyl groups is 1. The predicted molar refractivity (Wildman–Crippen MR) is 62.9 cm³/mol. The topological polar surface area (TPSA) is 54.2 Å². The van der Waals surface area contributed by atoms with Crippen LogP contribution in [0.1, 0.15) is 33.0 Å². The van der Waals surface area contributed by atoms with Crippen LogP contribution >= 0.6 is 0 Å². The molecule has 0 aliphatic carbocycles. The zero-order valence-corrected chi connectivity index (χ0v) is 10.4. The molecule has 1 aromatic heterocycles. The Kier molecular flexibility index (Phi) is 5.42. The van der Waals surface area contributed by atoms with Crippen molar-refractivity contribution in [3.8, 4) is 0 Å². The van der Waals surface area contributed by atoms with Gasteiger partial charge in [-0.15, -0.1) is 0 Å². The van der Waals surface area contributed by atoms with Crippen molar-refractivity contribution >= 4 is 0 Å². The van der Waals surface area contributed by atoms with Crippen molar-refractivity contribution in [3.05, 3.63) is 12.2 Å². The number of hydrogen-bond acceptors (Lipinski definition) is 4. The largest absolute Gasteiger partial charge is 0.395 e. The van der Waals surface area contributed by atoms with Crippen molar-refractivity contribution in [1.29, 1.82) is 0 Å². The minimum atomic E-state index is 0.181. The van der Waals surface area contributed by atoms with E-state index in [1.165, 1.54) is 0 Å². The second-order valence-corrected chi connectivity index (χ2v) is 4.19. The Morgan fingerprint density at radius 3 is 2.81 bits per heavy atom. The van der Waals surface area contributed by atoms with Crippen LogP contribution in [0.3, 0.4) is 0 Å². The Labute approximate surface area is 97.1 Å². The molecule has 1 heterocycles. The summed E-state index contributed by atoms with van der Waals surface area (Å²) in [5.74, 6) is 0.976. The minimum Gasteiger partial charge on any atom is -0.395 e. The molecule has 1 N–H and O–H groups in total. The van der Waals surface area contributed by atoms with Crippen molar-refractivity contribution in [1.82, 2.24) is 19.7 Å². The lowest BCUT2D eigenvalue weighted by Gasteiger charge is -2.24. The molecule has 16 heavy (non-hydrogen) atoms. The fourth-order valence-electron chi connectivity index (χ4n) is 1.64. The molecular weight excluding hydrogens is 204 g/mol. The first kappa shape index (κ1) is 13.1. The van der Waals surface area contributed by atoms with E-state index in [9.17, 15) is 0 Å². The molecule has 0 aliphatic rings. The molecule has 0 saturated carbocycles. The van der Waals surface area contributed by atoms with E-state index in [-0.39, 0.29) is 6.61 Å². The van der Waals surface area contributed by atoms with E-state index in [0.29, 0.717) is 12.6 Å². The Morgan fingerprint density at radius 1 is 1.50 bits per heavy atom. The maximum absolute atomic E-state index is 9.00.